The van der Waals surface area contributed by atoms with Gasteiger partial charge in [0.15, 0.2) is 11.6 Å². The van der Waals surface area contributed by atoms with E-state index in [1.54, 1.807) is 72.5 Å². The minimum absolute atomic E-state index is 0.0324. The maximum atomic E-state index is 15.1. The van der Waals surface area contributed by atoms with E-state index in [-0.39, 0.29) is 62.8 Å². The molecule has 12 atom stereocenters. The molecule has 94 heavy (non-hydrogen) atoms. The first-order chi connectivity index (χ1) is 44.4. The van der Waals surface area contributed by atoms with Crippen LogP contribution in [0, 0.1) is 35.5 Å². The molecule has 1 unspecified atom stereocenters. The van der Waals surface area contributed by atoms with Gasteiger partial charge in [0, 0.05) is 73.5 Å². The fraction of sp³-hybridized carbons (Fsp3) is 0.662. The number of carbonyl (C=O) groups excluding carboxylic acids is 12. The third-order valence-electron chi connectivity index (χ3n) is 19.0. The number of likely N-dealkylation sites (N-methyl/N-ethyl adjacent to an activating group) is 4. The van der Waals surface area contributed by atoms with Crippen molar-refractivity contribution in [2.45, 2.75) is 214 Å². The van der Waals surface area contributed by atoms with Crippen molar-refractivity contribution < 1.29 is 62.6 Å². The Morgan fingerprint density at radius 1 is 0.532 bits per heavy atom. The first kappa shape index (κ1) is 77.1. The second-order valence-electron chi connectivity index (χ2n) is 27.8. The summed E-state index contributed by atoms with van der Waals surface area (Å²) in [5, 5.41) is 22.6. The van der Waals surface area contributed by atoms with Gasteiger partial charge in [-0.3, -0.25) is 57.5 Å². The summed E-state index contributed by atoms with van der Waals surface area (Å²) in [5.41, 5.74) is 1.30. The van der Waals surface area contributed by atoms with Crippen molar-refractivity contribution in [1.29, 1.82) is 0 Å². The van der Waals surface area contributed by atoms with E-state index in [1.807, 2.05) is 48.5 Å². The molecule has 0 aliphatic carbocycles. The average Bonchev–Trinajstić information content (AvgIpc) is 1.42. The lowest BCUT2D eigenvalue weighted by atomic mass is 9.89. The smallest absolute Gasteiger partial charge is 0.245 e. The van der Waals surface area contributed by atoms with E-state index >= 15 is 4.79 Å². The number of piperidine rings is 1. The molecule has 2 aromatic carbocycles. The molecule has 3 aliphatic rings. The van der Waals surface area contributed by atoms with E-state index in [4.69, 9.17) is 0 Å². The maximum Gasteiger partial charge on any atom is 0.245 e. The molecule has 3 aliphatic heterocycles. The van der Waals surface area contributed by atoms with Gasteiger partial charge in [-0.1, -0.05) is 122 Å². The number of carbonyl (C=O) groups is 12. The minimum atomic E-state index is -1.43. The van der Waals surface area contributed by atoms with Crippen LogP contribution in [0.3, 0.4) is 0 Å². The van der Waals surface area contributed by atoms with E-state index in [0.29, 0.717) is 49.9 Å². The number of benzene rings is 2. The van der Waals surface area contributed by atoms with Crippen LogP contribution in [0.1, 0.15) is 157 Å². The molecule has 23 nitrogen and oxygen atoms in total. The first-order valence-corrected chi connectivity index (χ1v) is 34.0. The monoisotopic (exact) mass is 1310 g/mol. The lowest BCUT2D eigenvalue weighted by Crippen LogP contribution is -2.61. The van der Waals surface area contributed by atoms with E-state index in [9.17, 15) is 57.8 Å². The van der Waals surface area contributed by atoms with Gasteiger partial charge in [0.1, 0.15) is 36.3 Å². The van der Waals surface area contributed by atoms with Gasteiger partial charge in [-0.15, -0.1) is 0 Å². The molecule has 3 fully saturated rings. The van der Waals surface area contributed by atoms with Crippen molar-refractivity contribution in [1.82, 2.24) is 50.7 Å². The topological polar surface area (TPSA) is 293 Å². The zero-order chi connectivity index (χ0) is 69.8. The molecule has 0 bridgehead atoms. The Morgan fingerprint density at radius 3 is 1.60 bits per heavy atom. The summed E-state index contributed by atoms with van der Waals surface area (Å²) in [4.78, 5) is 185. The highest BCUT2D eigenvalue weighted by atomic mass is 16.3. The second-order valence-corrected chi connectivity index (χ2v) is 27.8. The van der Waals surface area contributed by atoms with E-state index < -0.39 is 169 Å². The predicted octanol–water partition coefficient (Wildman–Crippen LogP) is 4.49. The van der Waals surface area contributed by atoms with Gasteiger partial charge in [0.2, 0.25) is 59.1 Å². The predicted molar refractivity (Wildman–Crippen MR) is 357 cm³/mol. The van der Waals surface area contributed by atoms with Gasteiger partial charge in [-0.05, 0) is 106 Å². The third kappa shape index (κ3) is 21.5. The molecule has 3 heterocycles. The Morgan fingerprint density at radius 2 is 1.05 bits per heavy atom. The van der Waals surface area contributed by atoms with Gasteiger partial charge in [-0.25, -0.2) is 0 Å². The zero-order valence-corrected chi connectivity index (χ0v) is 58.2. The van der Waals surface area contributed by atoms with Crippen LogP contribution in [0.2, 0.25) is 0 Å². The van der Waals surface area contributed by atoms with Crippen LogP contribution in [0.15, 0.2) is 60.7 Å². The Balaban J connectivity index is 1.62. The Hall–Kier alpha value is -7.56. The number of nitrogens with zero attached hydrogens (tertiary/aromatic N) is 6. The van der Waals surface area contributed by atoms with Gasteiger partial charge < -0.3 is 55.8 Å². The summed E-state index contributed by atoms with van der Waals surface area (Å²) in [6, 6.07) is 8.19. The summed E-state index contributed by atoms with van der Waals surface area (Å²) in [6.07, 6.45) is 0.716. The molecule has 23 heteroatoms. The summed E-state index contributed by atoms with van der Waals surface area (Å²) in [7, 11) is 5.75. The molecule has 5 rings (SSSR count). The van der Waals surface area contributed by atoms with Crippen LogP contribution in [0.5, 0.6) is 0 Å². The number of nitrogens with one attached hydrogen (secondary N) is 4. The molecule has 10 amide bonds. The lowest BCUT2D eigenvalue weighted by molar-refractivity contribution is -0.148. The number of fused-ring (bicyclic) bond motifs is 1. The fourth-order valence-electron chi connectivity index (χ4n) is 12.8. The normalized spacial score (nSPS) is 26.7. The molecule has 520 valence electrons. The van der Waals surface area contributed by atoms with E-state index in [1.165, 1.54) is 61.6 Å². The summed E-state index contributed by atoms with van der Waals surface area (Å²) >= 11 is 0. The van der Waals surface area contributed by atoms with Crippen molar-refractivity contribution in [2.24, 2.45) is 35.5 Å². The molecule has 3 saturated heterocycles. The minimum Gasteiger partial charge on any atom is -0.393 e. The summed E-state index contributed by atoms with van der Waals surface area (Å²) < 4.78 is 0. The van der Waals surface area contributed by atoms with Crippen LogP contribution in [-0.4, -0.2) is 214 Å². The quantitative estimate of drug-likeness (QED) is 0.174. The van der Waals surface area contributed by atoms with E-state index in [2.05, 4.69) is 21.3 Å². The average molecular weight is 1310 g/mol. The van der Waals surface area contributed by atoms with Gasteiger partial charge in [0.25, 0.3) is 0 Å². The SMILES string of the molecule is CC[C@H](C)[C@@H]1NC(=O)[C@H](CC(C)C)N(C)C(=O)[C@H](Cc2ccccc2)NC(=O)[C@@H](C)N(C)C(=O)C[C@@H](C(=O)N2CCCCC2)CC(=O)[C@H](Cc2ccccc2)NC(=O)[C@H](C(C)O)CC(=O)[C@@H]2CCCN2C(=O)[C@H](CC(C)C)N(C)C(=O)CNC(=O)[C@H](CC(C)C)N(C)C1=O. The number of ketones is 2. The second kappa shape index (κ2) is 36.4. The highest BCUT2D eigenvalue weighted by Crippen LogP contribution is 2.28. The molecule has 0 spiro atoms. The lowest BCUT2D eigenvalue weighted by Gasteiger charge is -2.36. The molecule has 0 radical (unpaired) electrons. The highest BCUT2D eigenvalue weighted by Gasteiger charge is 2.44. The maximum absolute atomic E-state index is 15.1. The Bertz CT molecular complexity index is 2940. The van der Waals surface area contributed by atoms with Crippen molar-refractivity contribution >= 4 is 70.6 Å². The van der Waals surface area contributed by atoms with Crippen molar-refractivity contribution in [2.75, 3.05) is 54.4 Å². The van der Waals surface area contributed by atoms with Crippen molar-refractivity contribution in [3.8, 4) is 0 Å². The zero-order valence-electron chi connectivity index (χ0n) is 58.2. The number of aliphatic hydroxyl groups excluding tert-OH is 1. The summed E-state index contributed by atoms with van der Waals surface area (Å²) in [6.45, 7) is 18.1. The number of Topliss-reactive ketones (excluding diaryl/α,β-unsaturated/α-hetero) is 2. The molecular formula is C71H108N10O13. The van der Waals surface area contributed by atoms with Gasteiger partial charge in [0.05, 0.1) is 36.6 Å². The van der Waals surface area contributed by atoms with Crippen molar-refractivity contribution in [3.05, 3.63) is 71.8 Å². The van der Waals surface area contributed by atoms with Gasteiger partial charge >= 0.3 is 0 Å². The molecule has 0 saturated carbocycles. The Kier molecular flexibility index (Phi) is 29.8. The fourth-order valence-corrected chi connectivity index (χ4v) is 12.8. The summed E-state index contributed by atoms with van der Waals surface area (Å²) in [5.74, 6) is -11.1. The highest BCUT2D eigenvalue weighted by molar-refractivity contribution is 6.00. The van der Waals surface area contributed by atoms with E-state index in [0.717, 1.165) is 11.3 Å². The third-order valence-corrected chi connectivity index (χ3v) is 19.0. The number of aliphatic hydroxyl groups is 1. The van der Waals surface area contributed by atoms with Crippen LogP contribution < -0.4 is 21.3 Å². The van der Waals surface area contributed by atoms with Crippen LogP contribution in [0.4, 0.5) is 0 Å². The standard InChI is InChI=1S/C71H108N10O13/c1-15-46(8)63-71(94)79(14)56(34-43(2)3)66(89)72-42-62(86)77(12)58(36-45(6)7)70(93)81-33-25-30-55(81)60(84)41-52(48(10)82)65(88)73-53(37-49-26-19-16-20-27-49)59(83)39-51(68(91)80-31-23-18-24-32-80)40-61(85)76(11)47(9)64(87)74-54(38-50-28-21-17-22-29-50)69(92)78(13)57(35-44(4)5)67(90)75-63/h16-17,19-22,26-29,43-48,51-58,63,82H,15,18,23-25,30-42H2,1-14H3,(H,72,89)(H,73,88)(H,74,87)(H,75,90)/t46-,47+,48?,51-,52-,53-,54-,55-,56-,57-,58-,63-/m0/s1. The van der Waals surface area contributed by atoms with Crippen LogP contribution in [-0.2, 0) is 70.4 Å². The molecular weight excluding hydrogens is 1200 g/mol. The van der Waals surface area contributed by atoms with Crippen LogP contribution >= 0.6 is 0 Å². The molecule has 2 aromatic rings. The number of amides is 10. The number of rotatable bonds is 14. The molecule has 5 N–H and O–H groups in total. The van der Waals surface area contributed by atoms with Crippen LogP contribution in [0.25, 0.3) is 0 Å². The van der Waals surface area contributed by atoms with Crippen molar-refractivity contribution in [3.63, 3.8) is 0 Å². The number of likely N-dealkylation sites (tertiary alicyclic amines) is 1. The number of hydrogen-bond acceptors (Lipinski definition) is 13. The van der Waals surface area contributed by atoms with Gasteiger partial charge in [-0.2, -0.15) is 0 Å². The number of hydrogen-bond donors (Lipinski definition) is 5. The molecule has 0 aromatic heterocycles. The largest absolute Gasteiger partial charge is 0.393 e. The Labute approximate surface area is 556 Å². The first-order valence-electron chi connectivity index (χ1n) is 34.0.